The molecule has 3 atom stereocenters. The number of rotatable bonds is 5. The number of nitrogens with two attached hydrogens (primary N) is 1. The number of thioether (sulfide) groups is 1. The van der Waals surface area contributed by atoms with Gasteiger partial charge in [0.1, 0.15) is 0 Å². The van der Waals surface area contributed by atoms with Crippen LogP contribution in [0.25, 0.3) is 0 Å². The molecule has 0 aromatic heterocycles. The minimum Gasteiger partial charge on any atom is -0.356 e. The van der Waals surface area contributed by atoms with Gasteiger partial charge in [-0.3, -0.25) is 4.79 Å². The lowest BCUT2D eigenvalue weighted by Crippen LogP contribution is -2.38. The normalized spacial score (nSPS) is 21.9. The Morgan fingerprint density at radius 2 is 2.21 bits per heavy atom. The van der Waals surface area contributed by atoms with Crippen LogP contribution >= 0.6 is 11.8 Å². The van der Waals surface area contributed by atoms with Crippen molar-refractivity contribution < 1.29 is 4.79 Å². The first-order chi connectivity index (χ1) is 9.18. The average molecular weight is 278 g/mol. The summed E-state index contributed by atoms with van der Waals surface area (Å²) in [6.07, 6.45) is 1.21. The second-order valence-electron chi connectivity index (χ2n) is 5.20. The van der Waals surface area contributed by atoms with E-state index < -0.39 is 0 Å². The van der Waals surface area contributed by atoms with Crippen molar-refractivity contribution in [3.05, 3.63) is 35.9 Å². The second-order valence-corrected chi connectivity index (χ2v) is 6.35. The van der Waals surface area contributed by atoms with E-state index in [9.17, 15) is 4.79 Å². The second kappa shape index (κ2) is 6.96. The minimum atomic E-state index is -0.237. The Morgan fingerprint density at radius 1 is 1.47 bits per heavy atom. The Bertz CT molecular complexity index is 404. The number of amides is 1. The van der Waals surface area contributed by atoms with Crippen molar-refractivity contribution >= 4 is 17.7 Å². The molecule has 1 saturated heterocycles. The summed E-state index contributed by atoms with van der Waals surface area (Å²) in [5, 5.41) is 3.04. The molecule has 1 aromatic rings. The zero-order chi connectivity index (χ0) is 13.7. The van der Waals surface area contributed by atoms with Crippen LogP contribution in [0.1, 0.15) is 24.9 Å². The Hall–Kier alpha value is -1.00. The molecular weight excluding hydrogens is 256 g/mol. The summed E-state index contributed by atoms with van der Waals surface area (Å²) in [6, 6.07) is 9.58. The van der Waals surface area contributed by atoms with E-state index >= 15 is 0 Å². The lowest BCUT2D eigenvalue weighted by atomic mass is 9.94. The van der Waals surface area contributed by atoms with Crippen LogP contribution in [0.5, 0.6) is 0 Å². The predicted molar refractivity (Wildman–Crippen MR) is 81.0 cm³/mol. The highest BCUT2D eigenvalue weighted by atomic mass is 32.2. The van der Waals surface area contributed by atoms with Crippen LogP contribution in [-0.2, 0) is 4.79 Å². The fourth-order valence-electron chi connectivity index (χ4n) is 2.28. The van der Waals surface area contributed by atoms with Gasteiger partial charge >= 0.3 is 0 Å². The predicted octanol–water partition coefficient (Wildman–Crippen LogP) is 2.19. The topological polar surface area (TPSA) is 55.1 Å². The monoisotopic (exact) mass is 278 g/mol. The number of carbonyl (C=O) groups excluding carboxylic acids is 1. The summed E-state index contributed by atoms with van der Waals surface area (Å²) in [5.74, 6) is 2.89. The van der Waals surface area contributed by atoms with Gasteiger partial charge in [0.2, 0.25) is 5.91 Å². The Morgan fingerprint density at radius 3 is 2.84 bits per heavy atom. The lowest BCUT2D eigenvalue weighted by Gasteiger charge is -2.20. The van der Waals surface area contributed by atoms with E-state index in [2.05, 4.69) is 5.32 Å². The van der Waals surface area contributed by atoms with Crippen LogP contribution in [0.3, 0.4) is 0 Å². The van der Waals surface area contributed by atoms with E-state index in [-0.39, 0.29) is 17.9 Å². The van der Waals surface area contributed by atoms with Gasteiger partial charge in [-0.05, 0) is 29.4 Å². The smallest absolute Gasteiger partial charge is 0.224 e. The fraction of sp³-hybridized carbons (Fsp3) is 0.533. The standard InChI is InChI=1S/C15H22N2OS/c1-11(14(16)13-5-3-2-4-6-13)15(18)17-9-12-7-8-19-10-12/h2-6,11-12,14H,7-10,16H2,1H3,(H,17,18). The van der Waals surface area contributed by atoms with E-state index in [1.807, 2.05) is 49.0 Å². The molecule has 1 aliphatic rings. The highest BCUT2D eigenvalue weighted by Gasteiger charge is 2.23. The van der Waals surface area contributed by atoms with Crippen molar-refractivity contribution in [1.82, 2.24) is 5.32 Å². The van der Waals surface area contributed by atoms with Gasteiger partial charge in [0.15, 0.2) is 0 Å². The van der Waals surface area contributed by atoms with Crippen LogP contribution in [0.4, 0.5) is 0 Å². The van der Waals surface area contributed by atoms with Gasteiger partial charge in [0.05, 0.1) is 5.92 Å². The van der Waals surface area contributed by atoms with Gasteiger partial charge in [0, 0.05) is 12.6 Å². The Labute approximate surface area is 119 Å². The number of benzene rings is 1. The van der Waals surface area contributed by atoms with Gasteiger partial charge in [0.25, 0.3) is 0 Å². The number of hydrogen-bond donors (Lipinski definition) is 2. The summed E-state index contributed by atoms with van der Waals surface area (Å²) >= 11 is 1.97. The maximum atomic E-state index is 12.1. The summed E-state index contributed by atoms with van der Waals surface area (Å²) in [4.78, 5) is 12.1. The maximum Gasteiger partial charge on any atom is 0.224 e. The molecule has 4 heteroatoms. The quantitative estimate of drug-likeness (QED) is 0.868. The first-order valence-electron chi connectivity index (χ1n) is 6.84. The number of carbonyl (C=O) groups is 1. The molecule has 104 valence electrons. The molecule has 1 heterocycles. The van der Waals surface area contributed by atoms with E-state index in [1.54, 1.807) is 0 Å². The molecule has 1 aliphatic heterocycles. The SMILES string of the molecule is CC(C(=O)NCC1CCSC1)C(N)c1ccccc1. The van der Waals surface area contributed by atoms with Crippen LogP contribution in [0, 0.1) is 11.8 Å². The van der Waals surface area contributed by atoms with Crippen molar-refractivity contribution in [2.45, 2.75) is 19.4 Å². The molecule has 3 N–H and O–H groups in total. The average Bonchev–Trinajstić information content (AvgIpc) is 2.97. The summed E-state index contributed by atoms with van der Waals surface area (Å²) < 4.78 is 0. The molecule has 0 aliphatic carbocycles. The molecule has 19 heavy (non-hydrogen) atoms. The molecule has 1 fully saturated rings. The van der Waals surface area contributed by atoms with E-state index in [0.717, 1.165) is 12.1 Å². The van der Waals surface area contributed by atoms with E-state index in [1.165, 1.54) is 17.9 Å². The van der Waals surface area contributed by atoms with Crippen molar-refractivity contribution in [2.75, 3.05) is 18.1 Å². The highest BCUT2D eigenvalue weighted by Crippen LogP contribution is 2.23. The van der Waals surface area contributed by atoms with E-state index in [4.69, 9.17) is 5.73 Å². The third-order valence-electron chi connectivity index (χ3n) is 3.73. The molecule has 1 aromatic carbocycles. The third-order valence-corrected chi connectivity index (χ3v) is 4.96. The van der Waals surface area contributed by atoms with Crippen molar-refractivity contribution in [3.63, 3.8) is 0 Å². The molecule has 2 rings (SSSR count). The van der Waals surface area contributed by atoms with Gasteiger partial charge in [-0.25, -0.2) is 0 Å². The number of nitrogens with one attached hydrogen (secondary N) is 1. The van der Waals surface area contributed by atoms with Crippen LogP contribution in [0.2, 0.25) is 0 Å². The van der Waals surface area contributed by atoms with Gasteiger partial charge in [-0.1, -0.05) is 37.3 Å². The van der Waals surface area contributed by atoms with Gasteiger partial charge in [-0.2, -0.15) is 11.8 Å². The van der Waals surface area contributed by atoms with Crippen LogP contribution in [-0.4, -0.2) is 24.0 Å². The third kappa shape index (κ3) is 3.98. The van der Waals surface area contributed by atoms with Gasteiger partial charge in [-0.15, -0.1) is 0 Å². The zero-order valence-electron chi connectivity index (χ0n) is 11.3. The Balaban J connectivity index is 1.84. The zero-order valence-corrected chi connectivity index (χ0v) is 12.2. The van der Waals surface area contributed by atoms with Crippen molar-refractivity contribution in [1.29, 1.82) is 0 Å². The van der Waals surface area contributed by atoms with Gasteiger partial charge < -0.3 is 11.1 Å². The lowest BCUT2D eigenvalue weighted by molar-refractivity contribution is -0.125. The largest absolute Gasteiger partial charge is 0.356 e. The fourth-order valence-corrected chi connectivity index (χ4v) is 3.56. The van der Waals surface area contributed by atoms with E-state index in [0.29, 0.717) is 5.92 Å². The molecule has 0 saturated carbocycles. The maximum absolute atomic E-state index is 12.1. The summed E-state index contributed by atoms with van der Waals surface area (Å²) in [6.45, 7) is 2.69. The summed E-state index contributed by atoms with van der Waals surface area (Å²) in [5.41, 5.74) is 7.17. The molecule has 3 unspecified atom stereocenters. The highest BCUT2D eigenvalue weighted by molar-refractivity contribution is 7.99. The molecule has 0 spiro atoms. The van der Waals surface area contributed by atoms with Crippen LogP contribution in [0.15, 0.2) is 30.3 Å². The van der Waals surface area contributed by atoms with Crippen molar-refractivity contribution in [3.8, 4) is 0 Å². The Kier molecular flexibility index (Phi) is 5.28. The van der Waals surface area contributed by atoms with Crippen LogP contribution < -0.4 is 11.1 Å². The molecule has 3 nitrogen and oxygen atoms in total. The molecule has 1 amide bonds. The molecule has 0 radical (unpaired) electrons. The number of hydrogen-bond acceptors (Lipinski definition) is 3. The minimum absolute atomic E-state index is 0.0632. The molecule has 0 bridgehead atoms. The molecular formula is C15H22N2OS. The van der Waals surface area contributed by atoms with Crippen molar-refractivity contribution in [2.24, 2.45) is 17.6 Å². The first kappa shape index (κ1) is 14.4. The summed E-state index contributed by atoms with van der Waals surface area (Å²) in [7, 11) is 0. The first-order valence-corrected chi connectivity index (χ1v) is 8.00.